The number of ether oxygens (including phenoxy) is 1. The Morgan fingerprint density at radius 1 is 1.42 bits per heavy atom. The lowest BCUT2D eigenvalue weighted by atomic mass is 10.3. The van der Waals surface area contributed by atoms with Crippen molar-refractivity contribution >= 4 is 34.2 Å². The third-order valence-electron chi connectivity index (χ3n) is 1.21. The molecular weight excluding hydrogens is 286 g/mol. The van der Waals surface area contributed by atoms with Crippen molar-refractivity contribution in [1.29, 1.82) is 0 Å². The summed E-state index contributed by atoms with van der Waals surface area (Å²) in [5.74, 6) is 0.817. The summed E-state index contributed by atoms with van der Waals surface area (Å²) in [5.41, 5.74) is 0. The minimum Gasteiger partial charge on any atom is -0.488 e. The summed E-state index contributed by atoms with van der Waals surface area (Å²) in [4.78, 5) is 0. The Morgan fingerprint density at radius 3 is 2.50 bits per heavy atom. The van der Waals surface area contributed by atoms with Crippen LogP contribution in [0.4, 0.5) is 0 Å². The molecule has 1 aromatic rings. The molecular formula is C9H8ClIO. The summed E-state index contributed by atoms with van der Waals surface area (Å²) in [6.45, 7) is 3.89. The van der Waals surface area contributed by atoms with E-state index in [1.807, 2.05) is 24.3 Å². The van der Waals surface area contributed by atoms with E-state index in [0.29, 0.717) is 11.6 Å². The van der Waals surface area contributed by atoms with Crippen LogP contribution < -0.4 is 4.74 Å². The Bertz CT molecular complexity index is 268. The maximum atomic E-state index is 5.54. The normalized spacial score (nSPS) is 9.50. The highest BCUT2D eigenvalue weighted by Crippen LogP contribution is 2.14. The van der Waals surface area contributed by atoms with Crippen molar-refractivity contribution in [3.63, 3.8) is 0 Å². The lowest BCUT2D eigenvalue weighted by Gasteiger charge is -2.03. The number of hydrogen-bond acceptors (Lipinski definition) is 1. The van der Waals surface area contributed by atoms with Gasteiger partial charge in [0.1, 0.15) is 12.4 Å². The summed E-state index contributed by atoms with van der Waals surface area (Å²) in [6, 6.07) is 7.77. The molecule has 0 fully saturated rings. The van der Waals surface area contributed by atoms with Crippen LogP contribution in [0.2, 0.25) is 0 Å². The van der Waals surface area contributed by atoms with Gasteiger partial charge in [0.2, 0.25) is 0 Å². The van der Waals surface area contributed by atoms with Crippen LogP contribution in [0, 0.1) is 3.57 Å². The number of rotatable bonds is 3. The van der Waals surface area contributed by atoms with Gasteiger partial charge in [0.05, 0.1) is 0 Å². The van der Waals surface area contributed by atoms with E-state index in [4.69, 9.17) is 16.3 Å². The molecule has 0 bridgehead atoms. The predicted molar refractivity (Wildman–Crippen MR) is 59.6 cm³/mol. The Kier molecular flexibility index (Phi) is 3.88. The van der Waals surface area contributed by atoms with E-state index in [0.717, 1.165) is 5.75 Å². The summed E-state index contributed by atoms with van der Waals surface area (Å²) in [5, 5.41) is 0.508. The van der Waals surface area contributed by atoms with Gasteiger partial charge in [0, 0.05) is 8.60 Å². The SMILES string of the molecule is C=C(Cl)COc1ccc(I)cc1. The molecule has 3 heteroatoms. The predicted octanol–water partition coefficient (Wildman–Crippen LogP) is 3.42. The molecule has 0 N–H and O–H groups in total. The largest absolute Gasteiger partial charge is 0.488 e. The van der Waals surface area contributed by atoms with Crippen LogP contribution in [0.5, 0.6) is 5.75 Å². The zero-order valence-electron chi connectivity index (χ0n) is 6.39. The van der Waals surface area contributed by atoms with Crippen LogP contribution in [0.15, 0.2) is 35.9 Å². The summed E-state index contributed by atoms with van der Waals surface area (Å²) < 4.78 is 6.47. The third-order valence-corrected chi connectivity index (χ3v) is 2.04. The molecule has 64 valence electrons. The highest BCUT2D eigenvalue weighted by atomic mass is 127. The second-order valence-electron chi connectivity index (χ2n) is 2.26. The minimum absolute atomic E-state index is 0.363. The molecule has 0 heterocycles. The first-order valence-corrected chi connectivity index (χ1v) is 4.86. The molecule has 0 saturated carbocycles. The molecule has 0 unspecified atom stereocenters. The first-order valence-electron chi connectivity index (χ1n) is 3.40. The topological polar surface area (TPSA) is 9.23 Å². The van der Waals surface area contributed by atoms with Crippen molar-refractivity contribution < 1.29 is 4.74 Å². The molecule has 0 atom stereocenters. The van der Waals surface area contributed by atoms with Gasteiger partial charge in [0.15, 0.2) is 0 Å². The molecule has 0 radical (unpaired) electrons. The van der Waals surface area contributed by atoms with Gasteiger partial charge in [-0.1, -0.05) is 18.2 Å². The van der Waals surface area contributed by atoms with Gasteiger partial charge in [0.25, 0.3) is 0 Å². The minimum atomic E-state index is 0.363. The van der Waals surface area contributed by atoms with E-state index in [-0.39, 0.29) is 0 Å². The van der Waals surface area contributed by atoms with Crippen molar-refractivity contribution in [2.24, 2.45) is 0 Å². The lowest BCUT2D eigenvalue weighted by Crippen LogP contribution is -1.95. The average molecular weight is 295 g/mol. The van der Waals surface area contributed by atoms with Crippen LogP contribution in [-0.2, 0) is 0 Å². The molecule has 0 saturated heterocycles. The Balaban J connectivity index is 2.53. The van der Waals surface area contributed by atoms with Crippen molar-refractivity contribution in [1.82, 2.24) is 0 Å². The molecule has 1 nitrogen and oxygen atoms in total. The van der Waals surface area contributed by atoms with Gasteiger partial charge in [-0.25, -0.2) is 0 Å². The molecule has 0 spiro atoms. The van der Waals surface area contributed by atoms with Crippen molar-refractivity contribution in [3.8, 4) is 5.75 Å². The van der Waals surface area contributed by atoms with Gasteiger partial charge in [-0.2, -0.15) is 0 Å². The van der Waals surface area contributed by atoms with Crippen molar-refractivity contribution in [2.75, 3.05) is 6.61 Å². The van der Waals surface area contributed by atoms with E-state index in [1.54, 1.807) is 0 Å². The molecule has 1 aromatic carbocycles. The molecule has 12 heavy (non-hydrogen) atoms. The summed E-state index contributed by atoms with van der Waals surface area (Å²) in [6.07, 6.45) is 0. The Labute approximate surface area is 90.5 Å². The van der Waals surface area contributed by atoms with Gasteiger partial charge >= 0.3 is 0 Å². The van der Waals surface area contributed by atoms with Crippen LogP contribution >= 0.6 is 34.2 Å². The van der Waals surface area contributed by atoms with E-state index in [1.165, 1.54) is 3.57 Å². The highest BCUT2D eigenvalue weighted by Gasteiger charge is 1.93. The van der Waals surface area contributed by atoms with Crippen LogP contribution in [0.1, 0.15) is 0 Å². The molecule has 1 rings (SSSR count). The second-order valence-corrected chi connectivity index (χ2v) is 4.04. The van der Waals surface area contributed by atoms with E-state index in [9.17, 15) is 0 Å². The maximum Gasteiger partial charge on any atom is 0.123 e. The lowest BCUT2D eigenvalue weighted by molar-refractivity contribution is 0.359. The van der Waals surface area contributed by atoms with Gasteiger partial charge in [-0.05, 0) is 46.9 Å². The van der Waals surface area contributed by atoms with Crippen LogP contribution in [-0.4, -0.2) is 6.61 Å². The molecule has 0 amide bonds. The first kappa shape index (κ1) is 9.86. The van der Waals surface area contributed by atoms with E-state index < -0.39 is 0 Å². The quantitative estimate of drug-likeness (QED) is 0.776. The van der Waals surface area contributed by atoms with Crippen LogP contribution in [0.3, 0.4) is 0 Å². The Hall–Kier alpha value is -0.220. The average Bonchev–Trinajstić information content (AvgIpc) is 2.03. The first-order chi connectivity index (χ1) is 5.68. The molecule has 0 aliphatic heterocycles. The fraction of sp³-hybridized carbons (Fsp3) is 0.111. The van der Waals surface area contributed by atoms with Gasteiger partial charge < -0.3 is 4.74 Å². The number of hydrogen-bond donors (Lipinski definition) is 0. The Morgan fingerprint density at radius 2 is 2.00 bits per heavy atom. The van der Waals surface area contributed by atoms with Crippen molar-refractivity contribution in [2.45, 2.75) is 0 Å². The fourth-order valence-electron chi connectivity index (χ4n) is 0.692. The molecule has 0 aliphatic carbocycles. The fourth-order valence-corrected chi connectivity index (χ4v) is 1.11. The smallest absolute Gasteiger partial charge is 0.123 e. The van der Waals surface area contributed by atoms with Gasteiger partial charge in [-0.3, -0.25) is 0 Å². The summed E-state index contributed by atoms with van der Waals surface area (Å²) in [7, 11) is 0. The third kappa shape index (κ3) is 3.45. The second kappa shape index (κ2) is 4.72. The van der Waals surface area contributed by atoms with Crippen molar-refractivity contribution in [3.05, 3.63) is 39.4 Å². The standard InChI is InChI=1S/C9H8ClIO/c1-7(10)6-12-9-4-2-8(11)3-5-9/h2-5H,1,6H2. The number of benzene rings is 1. The monoisotopic (exact) mass is 294 g/mol. The molecule has 0 aromatic heterocycles. The molecule has 0 aliphatic rings. The zero-order chi connectivity index (χ0) is 8.97. The van der Waals surface area contributed by atoms with E-state index >= 15 is 0 Å². The maximum absolute atomic E-state index is 5.54. The van der Waals surface area contributed by atoms with E-state index in [2.05, 4.69) is 29.2 Å². The van der Waals surface area contributed by atoms with Crippen LogP contribution in [0.25, 0.3) is 0 Å². The van der Waals surface area contributed by atoms with Gasteiger partial charge in [-0.15, -0.1) is 0 Å². The summed E-state index contributed by atoms with van der Waals surface area (Å²) >= 11 is 7.78. The zero-order valence-corrected chi connectivity index (χ0v) is 9.30. The number of halogens is 2. The highest BCUT2D eigenvalue weighted by molar-refractivity contribution is 14.1.